The third-order valence-electron chi connectivity index (χ3n) is 1.33. The minimum absolute atomic E-state index is 0. The van der Waals surface area contributed by atoms with Crippen LogP contribution in [0.1, 0.15) is 6.99 Å². The Bertz CT molecular complexity index is 309. The predicted molar refractivity (Wildman–Crippen MR) is 41.3 cm³/mol. The van der Waals surface area contributed by atoms with Gasteiger partial charge in [0, 0.05) is 0 Å². The van der Waals surface area contributed by atoms with Crippen molar-refractivity contribution in [2.75, 3.05) is 0 Å². The summed E-state index contributed by atoms with van der Waals surface area (Å²) >= 11 is -2.02. The Morgan fingerprint density at radius 3 is 2.58 bits per heavy atom. The Hall–Kier alpha value is 0.260. The molecule has 0 radical (unpaired) electrons. The molecule has 0 amide bonds. The van der Waals surface area contributed by atoms with Gasteiger partial charge < -0.3 is 5.98 Å². The van der Waals surface area contributed by atoms with Crippen LogP contribution < -0.4 is 29.6 Å². The first-order valence-electron chi connectivity index (χ1n) is 2.98. The summed E-state index contributed by atoms with van der Waals surface area (Å²) in [6, 6.07) is 3.70. The summed E-state index contributed by atoms with van der Waals surface area (Å²) in [6.07, 6.45) is 0. The van der Waals surface area contributed by atoms with Gasteiger partial charge in [0.2, 0.25) is 0 Å². The summed E-state index contributed by atoms with van der Waals surface area (Å²) in [5, 5.41) is 0. The fraction of sp³-hybridized carbons (Fsp3) is 0.143. The number of benzene rings is 1. The van der Waals surface area contributed by atoms with Crippen LogP contribution in [0.5, 0.6) is 0 Å². The molecule has 1 aromatic rings. The number of hydrogen-bond donors (Lipinski definition) is 1. The molecule has 0 saturated heterocycles. The van der Waals surface area contributed by atoms with Gasteiger partial charge in [0.15, 0.2) is 11.1 Å². The monoisotopic (exact) mass is 198 g/mol. The average Bonchev–Trinajstić information content (AvgIpc) is 1.85. The maximum Gasteiger partial charge on any atom is 1.00 e. The van der Waals surface area contributed by atoms with Crippen LogP contribution in [0.2, 0.25) is 0 Å². The molecule has 0 spiro atoms. The topological polar surface area (TPSA) is 37.3 Å². The maximum absolute atomic E-state index is 12.4. The van der Waals surface area contributed by atoms with E-state index in [1.165, 1.54) is 12.1 Å². The van der Waals surface area contributed by atoms with Gasteiger partial charge in [-0.05, 0) is 30.7 Å². The van der Waals surface area contributed by atoms with Gasteiger partial charge in [-0.25, -0.2) is 8.60 Å². The number of hydrogen-bond acceptors (Lipinski definition) is 1. The average molecular weight is 198 g/mol. The molecule has 1 rings (SSSR count). The van der Waals surface area contributed by atoms with Crippen molar-refractivity contribution >= 4 is 11.1 Å². The van der Waals surface area contributed by atoms with Crippen molar-refractivity contribution in [1.29, 1.82) is 0 Å². The van der Waals surface area contributed by atoms with Gasteiger partial charge in [0.1, 0.15) is 5.82 Å². The Morgan fingerprint density at radius 2 is 2.17 bits per heavy atom. The molecule has 5 heteroatoms. The first-order valence-corrected chi connectivity index (χ1v) is 4.09. The molecule has 1 unspecified atom stereocenters. The molecule has 1 aromatic carbocycles. The zero-order valence-corrected chi connectivity index (χ0v) is 9.69. The first-order chi connectivity index (χ1) is 5.11. The Morgan fingerprint density at radius 1 is 1.58 bits per heavy atom. The van der Waals surface area contributed by atoms with E-state index in [-0.39, 0.29) is 35.9 Å². The number of halogens is 1. The summed E-state index contributed by atoms with van der Waals surface area (Å²) < 4.78 is 31.6. The van der Waals surface area contributed by atoms with E-state index < -0.39 is 16.9 Å². The molecule has 0 aromatic heterocycles. The van der Waals surface area contributed by atoms with Gasteiger partial charge >= 0.3 is 29.6 Å². The molecule has 12 heavy (non-hydrogen) atoms. The molecule has 0 fully saturated rings. The summed E-state index contributed by atoms with van der Waals surface area (Å²) in [6.45, 7) is 1.59. The molecule has 2 nitrogen and oxygen atoms in total. The van der Waals surface area contributed by atoms with Crippen LogP contribution in [0.4, 0.5) is 4.39 Å². The molecule has 0 aliphatic heterocycles. The van der Waals surface area contributed by atoms with Crippen LogP contribution in [0.15, 0.2) is 23.1 Å². The van der Waals surface area contributed by atoms with E-state index >= 15 is 0 Å². The summed E-state index contributed by atoms with van der Waals surface area (Å²) in [7, 11) is 0. The first kappa shape index (κ1) is 12.3. The zero-order chi connectivity index (χ0) is 8.43. The van der Waals surface area contributed by atoms with E-state index in [4.69, 9.17) is 4.55 Å². The molecular weight excluding hydrogens is 190 g/mol. The standard InChI is InChI=1S/C7H7FO2S.Na.H/c1-5-4-6(8)2-3-7(5)11(9)10;;/h2-4H,1H3,(H,9,10);;/q;+1;-1. The molecular formula is C7H8FNaO2S. The summed E-state index contributed by atoms with van der Waals surface area (Å²) in [5.74, 6) is -0.392. The van der Waals surface area contributed by atoms with Crippen molar-refractivity contribution in [1.82, 2.24) is 0 Å². The fourth-order valence-electron chi connectivity index (χ4n) is 0.809. The second-order valence-electron chi connectivity index (χ2n) is 2.16. The minimum atomic E-state index is -2.02. The number of aryl methyl sites for hydroxylation is 1. The minimum Gasteiger partial charge on any atom is -1.00 e. The van der Waals surface area contributed by atoms with Crippen molar-refractivity contribution in [3.63, 3.8) is 0 Å². The van der Waals surface area contributed by atoms with Gasteiger partial charge in [0.05, 0.1) is 4.90 Å². The molecule has 62 valence electrons. The summed E-state index contributed by atoms with van der Waals surface area (Å²) in [4.78, 5) is 0.256. The second-order valence-corrected chi connectivity index (χ2v) is 3.10. The van der Waals surface area contributed by atoms with Crippen LogP contribution in [0.25, 0.3) is 0 Å². The van der Waals surface area contributed by atoms with Crippen molar-refractivity contribution in [2.24, 2.45) is 0 Å². The Balaban J connectivity index is 0. The quantitative estimate of drug-likeness (QED) is 0.456. The normalized spacial score (nSPS) is 11.9. The number of rotatable bonds is 1. The SMILES string of the molecule is Cc1cc(F)ccc1S(=O)O.[H-].[Na+]. The van der Waals surface area contributed by atoms with E-state index in [2.05, 4.69) is 0 Å². The summed E-state index contributed by atoms with van der Waals surface area (Å²) in [5.41, 5.74) is 0.492. The molecule has 0 bridgehead atoms. The predicted octanol–water partition coefficient (Wildman–Crippen LogP) is -1.17. The van der Waals surface area contributed by atoms with Gasteiger partial charge in [-0.15, -0.1) is 0 Å². The molecule has 0 aliphatic carbocycles. The van der Waals surface area contributed by atoms with E-state index in [1.54, 1.807) is 6.92 Å². The van der Waals surface area contributed by atoms with Gasteiger partial charge in [-0.1, -0.05) is 0 Å². The smallest absolute Gasteiger partial charge is 1.00 e. The Kier molecular flexibility index (Phi) is 5.20. The molecule has 1 N–H and O–H groups in total. The molecule has 0 heterocycles. The van der Waals surface area contributed by atoms with Gasteiger partial charge in [-0.3, -0.25) is 0 Å². The van der Waals surface area contributed by atoms with E-state index in [1.807, 2.05) is 0 Å². The Labute approximate surface area is 96.2 Å². The van der Waals surface area contributed by atoms with Gasteiger partial charge in [0.25, 0.3) is 0 Å². The zero-order valence-electron chi connectivity index (χ0n) is 7.87. The largest absolute Gasteiger partial charge is 1.00 e. The van der Waals surface area contributed by atoms with E-state index in [0.717, 1.165) is 6.07 Å². The van der Waals surface area contributed by atoms with Gasteiger partial charge in [-0.2, -0.15) is 0 Å². The van der Waals surface area contributed by atoms with Crippen LogP contribution >= 0.6 is 0 Å². The third-order valence-corrected chi connectivity index (χ3v) is 2.16. The molecule has 0 aliphatic rings. The molecule has 1 atom stereocenters. The maximum atomic E-state index is 12.4. The van der Waals surface area contributed by atoms with Crippen LogP contribution in [0.3, 0.4) is 0 Å². The van der Waals surface area contributed by atoms with E-state index in [9.17, 15) is 8.60 Å². The van der Waals surface area contributed by atoms with E-state index in [0.29, 0.717) is 5.56 Å². The third kappa shape index (κ3) is 2.95. The molecule has 0 saturated carbocycles. The van der Waals surface area contributed by atoms with Crippen molar-refractivity contribution in [3.05, 3.63) is 29.6 Å². The van der Waals surface area contributed by atoms with Crippen molar-refractivity contribution in [3.8, 4) is 0 Å². The van der Waals surface area contributed by atoms with Crippen molar-refractivity contribution < 1.29 is 44.1 Å². The van der Waals surface area contributed by atoms with Crippen molar-refractivity contribution in [2.45, 2.75) is 11.8 Å². The second kappa shape index (κ2) is 5.09. The van der Waals surface area contributed by atoms with Crippen LogP contribution in [0, 0.1) is 12.7 Å². The van der Waals surface area contributed by atoms with Crippen LogP contribution in [-0.4, -0.2) is 8.76 Å². The fourth-order valence-corrected chi connectivity index (χ4v) is 1.33. The van der Waals surface area contributed by atoms with Crippen LogP contribution in [-0.2, 0) is 11.1 Å².